The first kappa shape index (κ1) is 12.9. The average Bonchev–Trinajstić information content (AvgIpc) is 2.47. The number of aromatic amines is 1. The van der Waals surface area contributed by atoms with Crippen LogP contribution in [0.1, 0.15) is 10.4 Å². The van der Waals surface area contributed by atoms with Crippen molar-refractivity contribution < 1.29 is 14.6 Å². The predicted octanol–water partition coefficient (Wildman–Crippen LogP) is 3.02. The molecule has 0 aliphatic heterocycles. The smallest absolute Gasteiger partial charge is 0.339 e. The van der Waals surface area contributed by atoms with Gasteiger partial charge in [-0.3, -0.25) is 9.78 Å². The van der Waals surface area contributed by atoms with Crippen LogP contribution in [0.3, 0.4) is 0 Å². The highest BCUT2D eigenvalue weighted by Gasteiger charge is 2.12. The zero-order chi connectivity index (χ0) is 14.8. The summed E-state index contributed by atoms with van der Waals surface area (Å²) in [5, 5.41) is 10.4. The topological polar surface area (TPSA) is 79.4 Å². The Bertz CT molecular complexity index is 883. The van der Waals surface area contributed by atoms with Crippen molar-refractivity contribution >= 4 is 16.7 Å². The fourth-order valence-electron chi connectivity index (χ4n) is 2.09. The Morgan fingerprint density at radius 2 is 1.76 bits per heavy atom. The molecule has 5 heteroatoms. The van der Waals surface area contributed by atoms with Gasteiger partial charge in [0.2, 0.25) is 5.88 Å². The molecule has 5 nitrogen and oxygen atoms in total. The molecule has 1 aromatic heterocycles. The Kier molecular flexibility index (Phi) is 3.16. The van der Waals surface area contributed by atoms with Gasteiger partial charge in [-0.2, -0.15) is 0 Å². The number of carboxylic acids is 1. The maximum Gasteiger partial charge on any atom is 0.339 e. The molecular formula is C16H11NO4. The highest BCUT2D eigenvalue weighted by atomic mass is 16.5. The summed E-state index contributed by atoms with van der Waals surface area (Å²) in [5.74, 6) is -0.711. The third-order valence-corrected chi connectivity index (χ3v) is 3.07. The molecule has 104 valence electrons. The molecule has 0 spiro atoms. The molecular weight excluding hydrogens is 270 g/mol. The number of fused-ring (bicyclic) bond motifs is 1. The van der Waals surface area contributed by atoms with Crippen LogP contribution in [0.15, 0.2) is 59.4 Å². The molecule has 0 amide bonds. The van der Waals surface area contributed by atoms with Crippen molar-refractivity contribution in [2.24, 2.45) is 0 Å². The second-order valence-corrected chi connectivity index (χ2v) is 4.45. The van der Waals surface area contributed by atoms with Gasteiger partial charge in [-0.05, 0) is 23.6 Å². The fraction of sp³-hybridized carbons (Fsp3) is 0. The Labute approximate surface area is 119 Å². The minimum atomic E-state index is -1.09. The largest absolute Gasteiger partial charge is 0.478 e. The molecule has 2 aromatic carbocycles. The highest BCUT2D eigenvalue weighted by molar-refractivity contribution is 5.91. The molecule has 0 unspecified atom stereocenters. The van der Waals surface area contributed by atoms with E-state index in [2.05, 4.69) is 4.98 Å². The Balaban J connectivity index is 2.07. The van der Waals surface area contributed by atoms with E-state index in [0.717, 1.165) is 5.39 Å². The van der Waals surface area contributed by atoms with E-state index >= 15 is 0 Å². The summed E-state index contributed by atoms with van der Waals surface area (Å²) in [4.78, 5) is 25.7. The minimum absolute atomic E-state index is 0.0338. The molecule has 2 N–H and O–H groups in total. The summed E-state index contributed by atoms with van der Waals surface area (Å²) in [6, 6.07) is 15.0. The lowest BCUT2D eigenvalue weighted by Crippen LogP contribution is -2.08. The Hall–Kier alpha value is -3.08. The van der Waals surface area contributed by atoms with E-state index in [4.69, 9.17) is 9.84 Å². The Morgan fingerprint density at radius 1 is 1.05 bits per heavy atom. The zero-order valence-electron chi connectivity index (χ0n) is 10.9. The molecule has 21 heavy (non-hydrogen) atoms. The maximum atomic E-state index is 12.0. The van der Waals surface area contributed by atoms with Gasteiger partial charge in [0.15, 0.2) is 0 Å². The summed E-state index contributed by atoms with van der Waals surface area (Å²) in [6.45, 7) is 0. The Morgan fingerprint density at radius 3 is 2.57 bits per heavy atom. The first-order valence-corrected chi connectivity index (χ1v) is 6.27. The van der Waals surface area contributed by atoms with Gasteiger partial charge in [0, 0.05) is 11.5 Å². The van der Waals surface area contributed by atoms with Gasteiger partial charge in [0.05, 0.1) is 0 Å². The number of rotatable bonds is 3. The van der Waals surface area contributed by atoms with Crippen LogP contribution in [0, 0.1) is 0 Å². The van der Waals surface area contributed by atoms with E-state index in [1.54, 1.807) is 36.4 Å². The van der Waals surface area contributed by atoms with Gasteiger partial charge >= 0.3 is 5.97 Å². The summed E-state index contributed by atoms with van der Waals surface area (Å²) in [5.41, 5.74) is -0.248. The number of carboxylic acid groups (broad SMARTS) is 1. The normalized spacial score (nSPS) is 10.5. The van der Waals surface area contributed by atoms with Gasteiger partial charge < -0.3 is 9.84 Å². The zero-order valence-corrected chi connectivity index (χ0v) is 10.9. The number of para-hydroxylation sites is 1. The van der Waals surface area contributed by atoms with Gasteiger partial charge in [-0.1, -0.05) is 30.3 Å². The number of hydrogen-bond donors (Lipinski definition) is 2. The number of ether oxygens (including phenoxy) is 1. The van der Waals surface area contributed by atoms with Crippen LogP contribution >= 0.6 is 0 Å². The summed E-state index contributed by atoms with van der Waals surface area (Å²) < 4.78 is 5.52. The first-order chi connectivity index (χ1) is 10.1. The van der Waals surface area contributed by atoms with Crippen LogP contribution in [-0.4, -0.2) is 16.1 Å². The predicted molar refractivity (Wildman–Crippen MR) is 78.0 cm³/mol. The van der Waals surface area contributed by atoms with Gasteiger partial charge in [0.1, 0.15) is 11.3 Å². The van der Waals surface area contributed by atoms with Crippen molar-refractivity contribution in [3.8, 4) is 11.6 Å². The number of aromatic nitrogens is 1. The molecule has 1 heterocycles. The SMILES string of the molecule is O=C(O)c1ccccc1Oc1cc2ccccc2c(=O)[nH]1. The van der Waals surface area contributed by atoms with Crippen molar-refractivity contribution in [1.29, 1.82) is 0 Å². The quantitative estimate of drug-likeness (QED) is 0.773. The van der Waals surface area contributed by atoms with Crippen molar-refractivity contribution in [1.82, 2.24) is 4.98 Å². The van der Waals surface area contributed by atoms with Gasteiger partial charge in [-0.15, -0.1) is 0 Å². The van der Waals surface area contributed by atoms with Crippen molar-refractivity contribution in [2.45, 2.75) is 0 Å². The average molecular weight is 281 g/mol. The number of hydrogen-bond acceptors (Lipinski definition) is 3. The summed E-state index contributed by atoms with van der Waals surface area (Å²) >= 11 is 0. The molecule has 0 aliphatic rings. The lowest BCUT2D eigenvalue weighted by Gasteiger charge is -2.08. The van der Waals surface area contributed by atoms with Crippen LogP contribution in [0.2, 0.25) is 0 Å². The number of pyridine rings is 1. The van der Waals surface area contributed by atoms with Crippen LogP contribution in [0.25, 0.3) is 10.8 Å². The molecule has 0 radical (unpaired) electrons. The number of carbonyl (C=O) groups is 1. The van der Waals surface area contributed by atoms with Crippen LogP contribution in [0.4, 0.5) is 0 Å². The van der Waals surface area contributed by atoms with E-state index in [1.165, 1.54) is 12.1 Å². The van der Waals surface area contributed by atoms with Crippen LogP contribution in [0.5, 0.6) is 11.6 Å². The lowest BCUT2D eigenvalue weighted by atomic mass is 10.2. The van der Waals surface area contributed by atoms with E-state index in [-0.39, 0.29) is 22.8 Å². The van der Waals surface area contributed by atoms with E-state index in [9.17, 15) is 9.59 Å². The summed E-state index contributed by atoms with van der Waals surface area (Å²) in [7, 11) is 0. The van der Waals surface area contributed by atoms with Crippen molar-refractivity contribution in [3.63, 3.8) is 0 Å². The number of H-pyrrole nitrogens is 1. The van der Waals surface area contributed by atoms with E-state index < -0.39 is 5.97 Å². The standard InChI is InChI=1S/C16H11NO4/c18-15-11-6-2-1-5-10(11)9-14(17-15)21-13-8-4-3-7-12(13)16(19)20/h1-9H,(H,17,18)(H,19,20). The first-order valence-electron chi connectivity index (χ1n) is 6.27. The van der Waals surface area contributed by atoms with E-state index in [0.29, 0.717) is 5.39 Å². The van der Waals surface area contributed by atoms with Gasteiger partial charge in [0.25, 0.3) is 5.56 Å². The number of aromatic carboxylic acids is 1. The van der Waals surface area contributed by atoms with Crippen molar-refractivity contribution in [2.75, 3.05) is 0 Å². The molecule has 0 saturated heterocycles. The molecule has 3 rings (SSSR count). The maximum absolute atomic E-state index is 12.0. The van der Waals surface area contributed by atoms with Crippen molar-refractivity contribution in [3.05, 3.63) is 70.5 Å². The third kappa shape index (κ3) is 2.49. The molecule has 0 bridgehead atoms. The lowest BCUT2D eigenvalue weighted by molar-refractivity contribution is 0.0694. The fourth-order valence-corrected chi connectivity index (χ4v) is 2.09. The molecule has 0 aliphatic carbocycles. The molecule has 0 fully saturated rings. The third-order valence-electron chi connectivity index (χ3n) is 3.07. The second kappa shape index (κ2) is 5.13. The van der Waals surface area contributed by atoms with Gasteiger partial charge in [-0.25, -0.2) is 4.79 Å². The molecule has 3 aromatic rings. The van der Waals surface area contributed by atoms with Crippen LogP contribution in [-0.2, 0) is 0 Å². The molecule has 0 saturated carbocycles. The van der Waals surface area contributed by atoms with Crippen LogP contribution < -0.4 is 10.3 Å². The number of benzene rings is 2. The highest BCUT2D eigenvalue weighted by Crippen LogP contribution is 2.24. The second-order valence-electron chi connectivity index (χ2n) is 4.45. The van der Waals surface area contributed by atoms with E-state index in [1.807, 2.05) is 6.07 Å². The molecule has 0 atom stereocenters. The minimum Gasteiger partial charge on any atom is -0.478 e. The summed E-state index contributed by atoms with van der Waals surface area (Å²) in [6.07, 6.45) is 0. The monoisotopic (exact) mass is 281 g/mol. The number of nitrogens with one attached hydrogen (secondary N) is 1.